The standard InChI is InChI=1S/C14H13IN2O6/c1-17-13(20)9(16-14(17)21)4-7-3-8(15)12(10(5-7)22-2)23-6-11(18)19/h3-5H,6H2,1-2H3,(H,16,21)(H,18,19)/b9-4+. The molecule has 0 unspecified atom stereocenters. The quantitative estimate of drug-likeness (QED) is 0.413. The first-order chi connectivity index (χ1) is 10.8. The molecule has 1 saturated heterocycles. The highest BCUT2D eigenvalue weighted by molar-refractivity contribution is 14.1. The van der Waals surface area contributed by atoms with E-state index in [1.54, 1.807) is 12.1 Å². The first kappa shape index (κ1) is 17.1. The summed E-state index contributed by atoms with van der Waals surface area (Å²) >= 11 is 1.97. The van der Waals surface area contributed by atoms with Crippen molar-refractivity contribution >= 4 is 46.6 Å². The fraction of sp³-hybridized carbons (Fsp3) is 0.214. The van der Waals surface area contributed by atoms with Crippen LogP contribution in [0, 0.1) is 3.57 Å². The summed E-state index contributed by atoms with van der Waals surface area (Å²) in [5, 5.41) is 11.2. The molecule has 0 aromatic heterocycles. The maximum atomic E-state index is 11.9. The van der Waals surface area contributed by atoms with E-state index < -0.39 is 24.5 Å². The molecule has 8 nitrogen and oxygen atoms in total. The summed E-state index contributed by atoms with van der Waals surface area (Å²) in [7, 11) is 2.80. The second-order valence-electron chi connectivity index (χ2n) is 4.57. The molecule has 1 aromatic rings. The molecule has 0 aliphatic carbocycles. The molecular formula is C14H13IN2O6. The number of carboxylic acids is 1. The van der Waals surface area contributed by atoms with E-state index >= 15 is 0 Å². The van der Waals surface area contributed by atoms with Crippen molar-refractivity contribution in [3.05, 3.63) is 27.0 Å². The molecule has 1 fully saturated rings. The predicted octanol–water partition coefficient (Wildman–Crippen LogP) is 1.29. The van der Waals surface area contributed by atoms with Gasteiger partial charge in [-0.2, -0.15) is 0 Å². The van der Waals surface area contributed by atoms with Crippen LogP contribution < -0.4 is 14.8 Å². The topological polar surface area (TPSA) is 105 Å². The Balaban J connectivity index is 2.35. The Hall–Kier alpha value is -2.30. The second kappa shape index (κ2) is 6.86. The third kappa shape index (κ3) is 3.73. The molecule has 0 atom stereocenters. The summed E-state index contributed by atoms with van der Waals surface area (Å²) in [5.41, 5.74) is 0.752. The third-order valence-corrected chi connectivity index (χ3v) is 3.79. The fourth-order valence-electron chi connectivity index (χ4n) is 1.89. The molecule has 0 bridgehead atoms. The van der Waals surface area contributed by atoms with Gasteiger partial charge in [0.05, 0.1) is 10.7 Å². The summed E-state index contributed by atoms with van der Waals surface area (Å²) in [6.45, 7) is -0.494. The van der Waals surface area contributed by atoms with E-state index in [-0.39, 0.29) is 5.70 Å². The van der Waals surface area contributed by atoms with E-state index in [1.165, 1.54) is 20.2 Å². The summed E-state index contributed by atoms with van der Waals surface area (Å²) < 4.78 is 11.0. The summed E-state index contributed by atoms with van der Waals surface area (Å²) in [5.74, 6) is -0.904. The average Bonchev–Trinajstić information content (AvgIpc) is 2.72. The number of halogens is 1. The minimum atomic E-state index is -1.10. The van der Waals surface area contributed by atoms with Gasteiger partial charge in [-0.1, -0.05) is 0 Å². The lowest BCUT2D eigenvalue weighted by atomic mass is 10.1. The number of nitrogens with one attached hydrogen (secondary N) is 1. The zero-order valence-electron chi connectivity index (χ0n) is 12.3. The third-order valence-electron chi connectivity index (χ3n) is 2.98. The van der Waals surface area contributed by atoms with E-state index in [9.17, 15) is 14.4 Å². The van der Waals surface area contributed by atoms with E-state index in [2.05, 4.69) is 5.32 Å². The summed E-state index contributed by atoms with van der Waals surface area (Å²) in [6, 6.07) is 2.78. The Morgan fingerprint density at radius 1 is 1.43 bits per heavy atom. The second-order valence-corrected chi connectivity index (χ2v) is 5.73. The number of aliphatic carboxylic acids is 1. The zero-order chi connectivity index (χ0) is 17.1. The predicted molar refractivity (Wildman–Crippen MR) is 88.1 cm³/mol. The van der Waals surface area contributed by atoms with Crippen LogP contribution in [0.1, 0.15) is 5.56 Å². The van der Waals surface area contributed by atoms with Crippen LogP contribution in [0.4, 0.5) is 4.79 Å². The van der Waals surface area contributed by atoms with Crippen molar-refractivity contribution in [2.24, 2.45) is 0 Å². The molecule has 9 heteroatoms. The zero-order valence-corrected chi connectivity index (χ0v) is 14.4. The van der Waals surface area contributed by atoms with E-state index in [1.807, 2.05) is 22.6 Å². The van der Waals surface area contributed by atoms with Crippen LogP contribution in [0.5, 0.6) is 11.5 Å². The maximum absolute atomic E-state index is 11.9. The number of urea groups is 1. The number of rotatable bonds is 5. The molecule has 23 heavy (non-hydrogen) atoms. The number of ether oxygens (including phenoxy) is 2. The maximum Gasteiger partial charge on any atom is 0.341 e. The highest BCUT2D eigenvalue weighted by Crippen LogP contribution is 2.34. The number of likely N-dealkylation sites (N-methyl/N-ethyl adjacent to an activating group) is 1. The van der Waals surface area contributed by atoms with Crippen LogP contribution in [-0.4, -0.2) is 48.7 Å². The van der Waals surface area contributed by atoms with Gasteiger partial charge in [0.2, 0.25) is 0 Å². The SMILES string of the molecule is COc1cc(/C=C2/NC(=O)N(C)C2=O)cc(I)c1OCC(=O)O. The lowest BCUT2D eigenvalue weighted by Gasteiger charge is -2.12. The molecule has 1 aliphatic heterocycles. The Morgan fingerprint density at radius 3 is 2.65 bits per heavy atom. The molecule has 122 valence electrons. The first-order valence-corrected chi connectivity index (χ1v) is 7.44. The number of methoxy groups -OCH3 is 1. The fourth-order valence-corrected chi connectivity index (χ4v) is 2.67. The van der Waals surface area contributed by atoms with Crippen LogP contribution in [0.3, 0.4) is 0 Å². The van der Waals surface area contributed by atoms with E-state index in [0.717, 1.165) is 4.90 Å². The van der Waals surface area contributed by atoms with E-state index in [0.29, 0.717) is 20.6 Å². The van der Waals surface area contributed by atoms with Gasteiger partial charge < -0.3 is 19.9 Å². The first-order valence-electron chi connectivity index (χ1n) is 6.36. The van der Waals surface area contributed by atoms with Crippen molar-refractivity contribution in [1.82, 2.24) is 10.2 Å². The molecule has 2 N–H and O–H groups in total. The number of imide groups is 1. The van der Waals surface area contributed by atoms with Gasteiger partial charge in [-0.15, -0.1) is 0 Å². The van der Waals surface area contributed by atoms with Gasteiger partial charge in [0.25, 0.3) is 5.91 Å². The van der Waals surface area contributed by atoms with Crippen molar-refractivity contribution in [1.29, 1.82) is 0 Å². The van der Waals surface area contributed by atoms with Crippen LogP contribution in [-0.2, 0) is 9.59 Å². The van der Waals surface area contributed by atoms with E-state index in [4.69, 9.17) is 14.6 Å². The molecule has 0 saturated carbocycles. The molecule has 0 radical (unpaired) electrons. The molecular weight excluding hydrogens is 419 g/mol. The molecule has 1 aliphatic rings. The van der Waals surface area contributed by atoms with Gasteiger partial charge in [-0.25, -0.2) is 9.59 Å². The van der Waals surface area contributed by atoms with Gasteiger partial charge in [-0.3, -0.25) is 9.69 Å². The Morgan fingerprint density at radius 2 is 2.13 bits per heavy atom. The number of carbonyl (C=O) groups excluding carboxylic acids is 2. The Bertz CT molecular complexity index is 715. The van der Waals surface area contributed by atoms with Crippen LogP contribution in [0.15, 0.2) is 17.8 Å². The molecule has 1 heterocycles. The highest BCUT2D eigenvalue weighted by Gasteiger charge is 2.30. The van der Waals surface area contributed by atoms with Gasteiger partial charge in [0.1, 0.15) is 5.70 Å². The smallest absolute Gasteiger partial charge is 0.341 e. The number of hydrogen-bond donors (Lipinski definition) is 2. The largest absolute Gasteiger partial charge is 0.493 e. The van der Waals surface area contributed by atoms with Crippen molar-refractivity contribution in [2.75, 3.05) is 20.8 Å². The van der Waals surface area contributed by atoms with Crippen molar-refractivity contribution in [2.45, 2.75) is 0 Å². The Labute approximate surface area is 145 Å². The van der Waals surface area contributed by atoms with Gasteiger partial charge in [-0.05, 0) is 46.4 Å². The summed E-state index contributed by atoms with van der Waals surface area (Å²) in [6.07, 6.45) is 1.51. The number of nitrogens with zero attached hydrogens (tertiary/aromatic N) is 1. The van der Waals surface area contributed by atoms with Crippen LogP contribution in [0.25, 0.3) is 6.08 Å². The molecule has 3 amide bonds. The number of amides is 3. The molecule has 1 aromatic carbocycles. The highest BCUT2D eigenvalue weighted by atomic mass is 127. The summed E-state index contributed by atoms with van der Waals surface area (Å²) in [4.78, 5) is 34.9. The minimum Gasteiger partial charge on any atom is -0.493 e. The van der Waals surface area contributed by atoms with Crippen molar-refractivity contribution < 1.29 is 29.0 Å². The average molecular weight is 432 g/mol. The number of carbonyl (C=O) groups is 3. The van der Waals surface area contributed by atoms with Crippen molar-refractivity contribution in [3.8, 4) is 11.5 Å². The lowest BCUT2D eigenvalue weighted by Crippen LogP contribution is -2.25. The van der Waals surface area contributed by atoms with Gasteiger partial charge in [0.15, 0.2) is 18.1 Å². The number of carboxylic acid groups (broad SMARTS) is 1. The number of benzene rings is 1. The van der Waals surface area contributed by atoms with Crippen LogP contribution in [0.2, 0.25) is 0 Å². The Kier molecular flexibility index (Phi) is 5.08. The van der Waals surface area contributed by atoms with Crippen molar-refractivity contribution in [3.63, 3.8) is 0 Å². The van der Waals surface area contributed by atoms with Crippen LogP contribution >= 0.6 is 22.6 Å². The number of hydrogen-bond acceptors (Lipinski definition) is 5. The molecule has 2 rings (SSSR count). The normalized spacial score (nSPS) is 15.8. The monoisotopic (exact) mass is 432 g/mol. The van der Waals surface area contributed by atoms with Gasteiger partial charge in [0, 0.05) is 7.05 Å². The van der Waals surface area contributed by atoms with Gasteiger partial charge >= 0.3 is 12.0 Å². The minimum absolute atomic E-state index is 0.148. The lowest BCUT2D eigenvalue weighted by molar-refractivity contribution is -0.139. The molecule has 0 spiro atoms.